The molecule has 0 unspecified atom stereocenters. The quantitative estimate of drug-likeness (QED) is 0.332. The van der Waals surface area contributed by atoms with Gasteiger partial charge in [0.1, 0.15) is 12.2 Å². The van der Waals surface area contributed by atoms with Gasteiger partial charge in [-0.25, -0.2) is 0 Å². The molecule has 0 fully saturated rings. The van der Waals surface area contributed by atoms with Crippen LogP contribution in [0.2, 0.25) is 0 Å². The van der Waals surface area contributed by atoms with Gasteiger partial charge in [0.2, 0.25) is 0 Å². The van der Waals surface area contributed by atoms with Crippen molar-refractivity contribution in [3.8, 4) is 0 Å². The highest BCUT2D eigenvalue weighted by atomic mass is 32.2. The van der Waals surface area contributed by atoms with Gasteiger partial charge in [-0.1, -0.05) is 24.6 Å². The van der Waals surface area contributed by atoms with Crippen LogP contribution in [-0.2, 0) is 13.0 Å². The molecule has 7 heteroatoms. The van der Waals surface area contributed by atoms with Gasteiger partial charge in [0.15, 0.2) is 5.96 Å². The van der Waals surface area contributed by atoms with E-state index in [1.807, 2.05) is 11.8 Å². The Morgan fingerprint density at radius 1 is 1.21 bits per heavy atom. The molecule has 1 heterocycles. The predicted octanol–water partition coefficient (Wildman–Crippen LogP) is 2.11. The monoisotopic (exact) mass is 346 g/mol. The van der Waals surface area contributed by atoms with Crippen LogP contribution in [0.4, 0.5) is 0 Å². The number of rotatable bonds is 8. The molecule has 0 aliphatic heterocycles. The van der Waals surface area contributed by atoms with Gasteiger partial charge >= 0.3 is 0 Å². The summed E-state index contributed by atoms with van der Waals surface area (Å²) in [6.45, 7) is 6.67. The lowest BCUT2D eigenvalue weighted by atomic mass is 10.2. The maximum Gasteiger partial charge on any atom is 0.191 e. The summed E-state index contributed by atoms with van der Waals surface area (Å²) >= 11 is 1.84. The highest BCUT2D eigenvalue weighted by Gasteiger charge is 2.02. The van der Waals surface area contributed by atoms with Crippen molar-refractivity contribution in [1.82, 2.24) is 25.4 Å². The summed E-state index contributed by atoms with van der Waals surface area (Å²) in [5.41, 5.74) is 1.29. The Balaban J connectivity index is 1.64. The van der Waals surface area contributed by atoms with Crippen LogP contribution in [0.3, 0.4) is 0 Å². The van der Waals surface area contributed by atoms with Crippen LogP contribution in [0.15, 0.2) is 40.5 Å². The van der Waals surface area contributed by atoms with Gasteiger partial charge < -0.3 is 15.2 Å². The molecule has 130 valence electrons. The first kappa shape index (κ1) is 18.3. The lowest BCUT2D eigenvalue weighted by Crippen LogP contribution is -2.39. The first-order valence-electron chi connectivity index (χ1n) is 8.23. The predicted molar refractivity (Wildman–Crippen MR) is 101 cm³/mol. The Kier molecular flexibility index (Phi) is 7.61. The second kappa shape index (κ2) is 9.97. The molecule has 0 bridgehead atoms. The molecule has 1 aromatic heterocycles. The van der Waals surface area contributed by atoms with Gasteiger partial charge in [-0.05, 0) is 19.1 Å². The fourth-order valence-corrected chi connectivity index (χ4v) is 3.00. The summed E-state index contributed by atoms with van der Waals surface area (Å²) in [4.78, 5) is 5.55. The van der Waals surface area contributed by atoms with E-state index in [0.717, 1.165) is 43.6 Å². The smallest absolute Gasteiger partial charge is 0.191 e. The zero-order valence-electron chi connectivity index (χ0n) is 14.6. The van der Waals surface area contributed by atoms with Gasteiger partial charge in [-0.15, -0.1) is 22.0 Å². The van der Waals surface area contributed by atoms with Crippen LogP contribution in [0, 0.1) is 6.92 Å². The Bertz CT molecular complexity index is 635. The minimum Gasteiger partial charge on any atom is -0.356 e. The summed E-state index contributed by atoms with van der Waals surface area (Å²) in [6.07, 6.45) is 2.66. The molecule has 2 aromatic rings. The number of nitrogens with zero attached hydrogens (tertiary/aromatic N) is 4. The number of aromatic nitrogens is 3. The van der Waals surface area contributed by atoms with E-state index in [0.29, 0.717) is 0 Å². The fraction of sp³-hybridized carbons (Fsp3) is 0.471. The molecule has 0 saturated carbocycles. The minimum absolute atomic E-state index is 0.788. The molecule has 0 aliphatic carbocycles. The van der Waals surface area contributed by atoms with Gasteiger partial charge in [0.05, 0.1) is 0 Å². The average Bonchev–Trinajstić information content (AvgIpc) is 3.06. The molecular formula is C17H26N6S. The molecule has 0 spiro atoms. The maximum absolute atomic E-state index is 4.25. The van der Waals surface area contributed by atoms with Crippen LogP contribution in [-0.4, -0.2) is 46.6 Å². The number of nitrogens with one attached hydrogen (secondary N) is 2. The molecule has 0 amide bonds. The molecule has 0 radical (unpaired) electrons. The van der Waals surface area contributed by atoms with Gasteiger partial charge in [-0.3, -0.25) is 4.99 Å². The highest BCUT2D eigenvalue weighted by molar-refractivity contribution is 7.99. The fourth-order valence-electron chi connectivity index (χ4n) is 2.23. The zero-order chi connectivity index (χ0) is 17.2. The third-order valence-electron chi connectivity index (χ3n) is 3.56. The van der Waals surface area contributed by atoms with Crippen LogP contribution in [0.1, 0.15) is 18.3 Å². The molecule has 2 N–H and O–H groups in total. The van der Waals surface area contributed by atoms with Crippen molar-refractivity contribution in [1.29, 1.82) is 0 Å². The van der Waals surface area contributed by atoms with Crippen molar-refractivity contribution in [3.63, 3.8) is 0 Å². The Morgan fingerprint density at radius 3 is 2.67 bits per heavy atom. The van der Waals surface area contributed by atoms with Crippen molar-refractivity contribution in [2.75, 3.05) is 25.9 Å². The van der Waals surface area contributed by atoms with Crippen LogP contribution in [0.25, 0.3) is 0 Å². The summed E-state index contributed by atoms with van der Waals surface area (Å²) in [6, 6.07) is 8.62. The lowest BCUT2D eigenvalue weighted by molar-refractivity contribution is 0.634. The van der Waals surface area contributed by atoms with Crippen molar-refractivity contribution in [2.45, 2.75) is 31.7 Å². The van der Waals surface area contributed by atoms with Crippen LogP contribution in [0.5, 0.6) is 0 Å². The number of hydrogen-bond acceptors (Lipinski definition) is 4. The molecule has 0 aliphatic rings. The van der Waals surface area contributed by atoms with E-state index in [2.05, 4.69) is 68.5 Å². The van der Waals surface area contributed by atoms with Crippen molar-refractivity contribution in [2.24, 2.45) is 4.99 Å². The molecule has 0 saturated heterocycles. The largest absolute Gasteiger partial charge is 0.356 e. The summed E-state index contributed by atoms with van der Waals surface area (Å²) in [7, 11) is 1.79. The van der Waals surface area contributed by atoms with E-state index in [9.17, 15) is 0 Å². The standard InChI is InChI=1S/C17H26N6S/c1-4-16-22-21-13-23(16)11-9-19-17(18-3)20-10-12-24-15-7-5-14(2)6-8-15/h5-8,13H,4,9-12H2,1-3H3,(H2,18,19,20). The Hall–Kier alpha value is -2.02. The highest BCUT2D eigenvalue weighted by Crippen LogP contribution is 2.17. The number of aryl methyl sites for hydroxylation is 2. The number of benzene rings is 1. The van der Waals surface area contributed by atoms with E-state index < -0.39 is 0 Å². The van der Waals surface area contributed by atoms with Gasteiger partial charge in [0.25, 0.3) is 0 Å². The summed E-state index contributed by atoms with van der Waals surface area (Å²) < 4.78 is 2.06. The second-order valence-electron chi connectivity index (χ2n) is 5.38. The van der Waals surface area contributed by atoms with Crippen molar-refractivity contribution >= 4 is 17.7 Å². The number of thioether (sulfide) groups is 1. The van der Waals surface area contributed by atoms with Crippen LogP contribution >= 0.6 is 11.8 Å². The first-order chi connectivity index (χ1) is 11.7. The number of guanidine groups is 1. The normalized spacial score (nSPS) is 11.5. The molecule has 2 rings (SSSR count). The first-order valence-corrected chi connectivity index (χ1v) is 9.22. The van der Waals surface area contributed by atoms with E-state index in [1.165, 1.54) is 10.5 Å². The number of hydrogen-bond donors (Lipinski definition) is 2. The summed E-state index contributed by atoms with van der Waals surface area (Å²) in [5, 5.41) is 14.7. The van der Waals surface area contributed by atoms with Crippen molar-refractivity contribution in [3.05, 3.63) is 42.0 Å². The van der Waals surface area contributed by atoms with E-state index in [-0.39, 0.29) is 0 Å². The number of aliphatic imine (C=N–C) groups is 1. The molecule has 1 aromatic carbocycles. The van der Waals surface area contributed by atoms with Gasteiger partial charge in [0, 0.05) is 43.8 Å². The van der Waals surface area contributed by atoms with E-state index in [1.54, 1.807) is 13.4 Å². The van der Waals surface area contributed by atoms with Crippen LogP contribution < -0.4 is 10.6 Å². The Labute approximate surface area is 148 Å². The topological polar surface area (TPSA) is 67.1 Å². The van der Waals surface area contributed by atoms with E-state index in [4.69, 9.17) is 0 Å². The Morgan fingerprint density at radius 2 is 1.96 bits per heavy atom. The molecular weight excluding hydrogens is 320 g/mol. The molecule has 24 heavy (non-hydrogen) atoms. The third kappa shape index (κ3) is 5.88. The van der Waals surface area contributed by atoms with E-state index >= 15 is 0 Å². The lowest BCUT2D eigenvalue weighted by Gasteiger charge is -2.12. The van der Waals surface area contributed by atoms with Gasteiger partial charge in [-0.2, -0.15) is 0 Å². The third-order valence-corrected chi connectivity index (χ3v) is 4.58. The molecule has 6 nitrogen and oxygen atoms in total. The summed E-state index contributed by atoms with van der Waals surface area (Å²) in [5.74, 6) is 2.83. The average molecular weight is 347 g/mol. The molecule has 0 atom stereocenters. The maximum atomic E-state index is 4.25. The minimum atomic E-state index is 0.788. The van der Waals surface area contributed by atoms with Crippen molar-refractivity contribution < 1.29 is 0 Å². The second-order valence-corrected chi connectivity index (χ2v) is 6.55. The zero-order valence-corrected chi connectivity index (χ0v) is 15.4. The SMILES string of the molecule is CCc1nncn1CCNC(=NC)NCCSc1ccc(C)cc1.